The molecule has 0 atom stereocenters. The predicted molar refractivity (Wildman–Crippen MR) is 131 cm³/mol. The van der Waals surface area contributed by atoms with Crippen LogP contribution in [-0.2, 0) is 6.42 Å². The van der Waals surface area contributed by atoms with Gasteiger partial charge in [-0.05, 0) is 54.7 Å². The van der Waals surface area contributed by atoms with Gasteiger partial charge in [-0.1, -0.05) is 41.4 Å². The number of halogens is 2. The summed E-state index contributed by atoms with van der Waals surface area (Å²) in [5, 5.41) is 22.1. The third kappa shape index (κ3) is 4.67. The topological polar surface area (TPSA) is 110 Å². The molecule has 1 aromatic heterocycles. The molecule has 0 radical (unpaired) electrons. The van der Waals surface area contributed by atoms with Crippen LogP contribution in [0, 0.1) is 14.9 Å². The first-order valence-corrected chi connectivity index (χ1v) is 10.9. The summed E-state index contributed by atoms with van der Waals surface area (Å²) < 4.78 is 6.99. The average molecular weight is 516 g/mol. The van der Waals surface area contributed by atoms with E-state index in [-0.39, 0.29) is 38.1 Å². The minimum Gasteiger partial charge on any atom is -0.494 e. The number of aromatic nitrogens is 2. The maximum absolute atomic E-state index is 12.6. The van der Waals surface area contributed by atoms with Gasteiger partial charge >= 0.3 is 0 Å². The molecule has 1 heterocycles. The number of nitro benzene ring substituents is 1. The monoisotopic (exact) mass is 515 g/mol. The summed E-state index contributed by atoms with van der Waals surface area (Å²) in [6.07, 6.45) is -0.259. The number of aromatic amines is 1. The molecule has 0 bridgehead atoms. The number of para-hydroxylation sites is 1. The van der Waals surface area contributed by atoms with Crippen molar-refractivity contribution < 1.29 is 14.8 Å². The Kier molecular flexibility index (Phi) is 6.69. The molecule has 0 fully saturated rings. The van der Waals surface area contributed by atoms with Crippen molar-refractivity contribution in [1.29, 1.82) is 0 Å². The highest BCUT2D eigenvalue weighted by atomic mass is 35.5. The van der Waals surface area contributed by atoms with Crippen molar-refractivity contribution in [3.63, 3.8) is 0 Å². The summed E-state index contributed by atoms with van der Waals surface area (Å²) in [6.45, 7) is 0. The number of benzene rings is 3. The third-order valence-electron chi connectivity index (χ3n) is 4.97. The van der Waals surface area contributed by atoms with Gasteiger partial charge in [0.1, 0.15) is 16.5 Å². The second kappa shape index (κ2) is 9.68. The molecule has 0 aliphatic heterocycles. The van der Waals surface area contributed by atoms with E-state index in [1.165, 1.54) is 16.7 Å². The smallest absolute Gasteiger partial charge is 0.288 e. The molecule has 0 unspecified atom stereocenters. The molecule has 0 aliphatic carbocycles. The second-order valence-corrected chi connectivity index (χ2v) is 8.27. The van der Waals surface area contributed by atoms with E-state index in [0.717, 1.165) is 0 Å². The molecule has 8 nitrogen and oxygen atoms in total. The molecule has 3 aromatic carbocycles. The Hall–Kier alpha value is -3.66. The zero-order valence-corrected chi connectivity index (χ0v) is 19.5. The van der Waals surface area contributed by atoms with Gasteiger partial charge in [-0.2, -0.15) is 0 Å². The van der Waals surface area contributed by atoms with Crippen molar-refractivity contribution in [2.24, 2.45) is 0 Å². The van der Waals surface area contributed by atoms with Gasteiger partial charge in [-0.25, -0.2) is 0 Å². The van der Waals surface area contributed by atoms with Gasteiger partial charge in [0, 0.05) is 23.1 Å². The molecule has 0 saturated heterocycles. The maximum atomic E-state index is 12.6. The van der Waals surface area contributed by atoms with Crippen LogP contribution in [0.5, 0.6) is 17.4 Å². The number of hydrogen-bond acceptors (Lipinski definition) is 6. The largest absolute Gasteiger partial charge is 0.494 e. The highest BCUT2D eigenvalue weighted by Crippen LogP contribution is 2.35. The van der Waals surface area contributed by atoms with E-state index in [4.69, 9.17) is 40.2 Å². The number of nitro groups is 1. The van der Waals surface area contributed by atoms with Crippen molar-refractivity contribution in [3.05, 3.63) is 113 Å². The lowest BCUT2D eigenvalue weighted by Gasteiger charge is -2.14. The molecular weight excluding hydrogens is 501 g/mol. The second-order valence-electron chi connectivity index (χ2n) is 7.10. The van der Waals surface area contributed by atoms with Crippen LogP contribution in [0.15, 0.2) is 71.5 Å². The van der Waals surface area contributed by atoms with Crippen molar-refractivity contribution in [1.82, 2.24) is 9.55 Å². The van der Waals surface area contributed by atoms with Crippen LogP contribution in [0.1, 0.15) is 11.1 Å². The number of nitrogens with zero attached hydrogens (tertiary/aromatic N) is 2. The van der Waals surface area contributed by atoms with Crippen LogP contribution < -0.4 is 10.3 Å². The Morgan fingerprint density at radius 2 is 1.65 bits per heavy atom. The Morgan fingerprint density at radius 3 is 2.29 bits per heavy atom. The lowest BCUT2D eigenvalue weighted by Crippen LogP contribution is -2.19. The molecule has 11 heteroatoms. The molecule has 172 valence electrons. The Balaban J connectivity index is 1.73. The van der Waals surface area contributed by atoms with E-state index < -0.39 is 16.4 Å². The van der Waals surface area contributed by atoms with E-state index in [1.54, 1.807) is 24.3 Å². The average Bonchev–Trinajstić information content (AvgIpc) is 2.80. The van der Waals surface area contributed by atoms with E-state index in [9.17, 15) is 20.0 Å². The molecule has 0 amide bonds. The minimum absolute atomic E-state index is 0.0424. The highest BCUT2D eigenvalue weighted by Gasteiger charge is 2.22. The maximum Gasteiger partial charge on any atom is 0.288 e. The van der Waals surface area contributed by atoms with Crippen molar-refractivity contribution >= 4 is 41.1 Å². The molecule has 34 heavy (non-hydrogen) atoms. The zero-order valence-electron chi connectivity index (χ0n) is 17.2. The first kappa shape index (κ1) is 23.5. The fourth-order valence-corrected chi connectivity index (χ4v) is 4.17. The summed E-state index contributed by atoms with van der Waals surface area (Å²) >= 11 is 17.6. The summed E-state index contributed by atoms with van der Waals surface area (Å²) in [5.41, 5.74) is -0.548. The summed E-state index contributed by atoms with van der Waals surface area (Å²) in [5.74, 6) is 0.775. The molecule has 0 spiro atoms. The minimum atomic E-state index is -0.665. The van der Waals surface area contributed by atoms with E-state index in [2.05, 4.69) is 4.98 Å². The fraction of sp³-hybridized carbons (Fsp3) is 0.0435. The van der Waals surface area contributed by atoms with Crippen LogP contribution in [-0.4, -0.2) is 19.6 Å². The number of hydrogen-bond donors (Lipinski definition) is 2. The van der Waals surface area contributed by atoms with E-state index in [1.807, 2.05) is 30.3 Å². The zero-order chi connectivity index (χ0) is 24.4. The van der Waals surface area contributed by atoms with Gasteiger partial charge < -0.3 is 9.84 Å². The quantitative estimate of drug-likeness (QED) is 0.179. The van der Waals surface area contributed by atoms with Gasteiger partial charge in [-0.15, -0.1) is 0 Å². The normalized spacial score (nSPS) is 10.8. The van der Waals surface area contributed by atoms with E-state index in [0.29, 0.717) is 17.2 Å². The van der Waals surface area contributed by atoms with Crippen LogP contribution in [0.3, 0.4) is 0 Å². The van der Waals surface area contributed by atoms with E-state index >= 15 is 0 Å². The van der Waals surface area contributed by atoms with Crippen LogP contribution in [0.4, 0.5) is 5.69 Å². The van der Waals surface area contributed by atoms with Gasteiger partial charge in [0.05, 0.1) is 16.2 Å². The van der Waals surface area contributed by atoms with Gasteiger partial charge in [0.25, 0.3) is 11.2 Å². The first-order valence-electron chi connectivity index (χ1n) is 9.78. The summed E-state index contributed by atoms with van der Waals surface area (Å²) in [7, 11) is 0. The molecule has 4 aromatic rings. The molecule has 2 N–H and O–H groups in total. The molecule has 4 rings (SSSR count). The van der Waals surface area contributed by atoms with Crippen molar-refractivity contribution in [2.75, 3.05) is 0 Å². The Labute approximate surface area is 207 Å². The highest BCUT2D eigenvalue weighted by molar-refractivity contribution is 7.71. The van der Waals surface area contributed by atoms with Gasteiger partial charge in [-0.3, -0.25) is 24.5 Å². The fourth-order valence-electron chi connectivity index (χ4n) is 3.31. The van der Waals surface area contributed by atoms with Crippen LogP contribution >= 0.6 is 35.4 Å². The summed E-state index contributed by atoms with van der Waals surface area (Å²) in [4.78, 5) is 25.7. The van der Waals surface area contributed by atoms with Gasteiger partial charge in [0.15, 0.2) is 4.77 Å². The van der Waals surface area contributed by atoms with Crippen LogP contribution in [0.2, 0.25) is 10.0 Å². The number of aromatic hydroxyl groups is 1. The number of nitrogens with one attached hydrogen (secondary N) is 1. The van der Waals surface area contributed by atoms with Crippen LogP contribution in [0.25, 0.3) is 5.69 Å². The Morgan fingerprint density at radius 1 is 1.00 bits per heavy atom. The lowest BCUT2D eigenvalue weighted by molar-refractivity contribution is -0.384. The number of ether oxygens (including phenoxy) is 1. The number of H-pyrrole nitrogens is 1. The lowest BCUT2D eigenvalue weighted by atomic mass is 10.1. The Bertz CT molecular complexity index is 1500. The standard InChI is InChI=1S/C23H15Cl2N3O5S/c24-18-10-11-19(28(31)32)20(25)16(18)12-17-21(29)26-23(34)27(22(17)30)13-6-8-15(9-7-13)33-14-4-2-1-3-5-14/h1-11,30H,12H2,(H,26,29,34). The molecule has 0 aliphatic rings. The number of rotatable bonds is 6. The van der Waals surface area contributed by atoms with Crippen molar-refractivity contribution in [2.45, 2.75) is 6.42 Å². The predicted octanol–water partition coefficient (Wildman–Crippen LogP) is 6.20. The third-order valence-corrected chi connectivity index (χ3v) is 6.03. The molecule has 0 saturated carbocycles. The van der Waals surface area contributed by atoms with Crippen molar-refractivity contribution in [3.8, 4) is 23.1 Å². The molecular formula is C23H15Cl2N3O5S. The SMILES string of the molecule is O=c1[nH]c(=S)n(-c2ccc(Oc3ccccc3)cc2)c(O)c1Cc1c(Cl)ccc([N+](=O)[O-])c1Cl. The summed E-state index contributed by atoms with van der Waals surface area (Å²) in [6, 6.07) is 18.4. The first-order chi connectivity index (χ1) is 16.3. The van der Waals surface area contributed by atoms with Gasteiger partial charge in [0.2, 0.25) is 5.88 Å².